The van der Waals surface area contributed by atoms with Crippen molar-refractivity contribution in [1.29, 1.82) is 0 Å². The Bertz CT molecular complexity index is 727. The van der Waals surface area contributed by atoms with E-state index in [1.54, 1.807) is 0 Å². The van der Waals surface area contributed by atoms with Gasteiger partial charge in [0.2, 0.25) is 0 Å². The first kappa shape index (κ1) is 30.9. The van der Waals surface area contributed by atoms with Gasteiger partial charge >= 0.3 is 21.3 Å². The summed E-state index contributed by atoms with van der Waals surface area (Å²) in [6.45, 7) is -0.371. The van der Waals surface area contributed by atoms with Gasteiger partial charge in [0.25, 0.3) is 0 Å². The SMILES string of the molecule is CO.Nc1ccn(C[C@@H]2O[C@H](CO)[C@@H](O)[C@H]2O)c(=O)n1.O=P(O)(O)O.O=P(O)(O)O. The zero-order chi connectivity index (χ0) is 24.3. The molecule has 2 rings (SSSR count). The standard InChI is InChI=1S/C10H15N3O5.CH4O.2H3O4P/c11-7-1-2-13(10(17)12-7)3-5-8(15)9(16)6(4-14)18-5;1-2;2*1-5(2,3)4/h1-2,5-6,8-9,14-16H,3-4H2,(H2,11,12,17);2H,1H3;2*(H3,1,2,3,4)/t5-,6+,8-,9+;;;/m0.../s1. The fourth-order valence-corrected chi connectivity index (χ4v) is 1.90. The zero-order valence-electron chi connectivity index (χ0n) is 15.3. The number of ether oxygens (including phenoxy) is 1. The van der Waals surface area contributed by atoms with Gasteiger partial charge in [-0.05, 0) is 6.07 Å². The predicted octanol–water partition coefficient (Wildman–Crippen LogP) is -4.94. The van der Waals surface area contributed by atoms with Crippen LogP contribution >= 0.6 is 15.6 Å². The maximum Gasteiger partial charge on any atom is 0.466 e. The van der Waals surface area contributed by atoms with Gasteiger partial charge in [0.1, 0.15) is 30.2 Å². The summed E-state index contributed by atoms with van der Waals surface area (Å²) in [4.78, 5) is 58.1. The fourth-order valence-electron chi connectivity index (χ4n) is 1.90. The van der Waals surface area contributed by atoms with E-state index in [0.29, 0.717) is 0 Å². The third-order valence-corrected chi connectivity index (χ3v) is 2.91. The Hall–Kier alpha value is -1.30. The van der Waals surface area contributed by atoms with Crippen molar-refractivity contribution in [2.75, 3.05) is 19.5 Å². The lowest BCUT2D eigenvalue weighted by Gasteiger charge is -2.15. The molecule has 1 aromatic heterocycles. The number of anilines is 1. The van der Waals surface area contributed by atoms with E-state index in [1.807, 2.05) is 0 Å². The summed E-state index contributed by atoms with van der Waals surface area (Å²) in [5, 5.41) is 35.2. The number of nitrogen functional groups attached to an aromatic ring is 1. The molecule has 1 fully saturated rings. The normalized spacial score (nSPS) is 23.2. The van der Waals surface area contributed by atoms with Crippen molar-refractivity contribution in [3.05, 3.63) is 22.7 Å². The van der Waals surface area contributed by atoms with Crippen LogP contribution in [0.25, 0.3) is 0 Å². The molecule has 1 saturated heterocycles. The summed E-state index contributed by atoms with van der Waals surface area (Å²) in [6, 6.07) is 1.45. The van der Waals surface area contributed by atoms with Crippen LogP contribution in [0.2, 0.25) is 0 Å². The number of hydrogen-bond acceptors (Lipinski definition) is 10. The lowest BCUT2D eigenvalue weighted by atomic mass is 10.1. The van der Waals surface area contributed by atoms with Crippen molar-refractivity contribution in [2.24, 2.45) is 0 Å². The zero-order valence-corrected chi connectivity index (χ0v) is 17.1. The third kappa shape index (κ3) is 15.5. The second kappa shape index (κ2) is 13.9. The van der Waals surface area contributed by atoms with Gasteiger partial charge in [0, 0.05) is 13.3 Å². The van der Waals surface area contributed by atoms with Gasteiger partial charge in [0.15, 0.2) is 0 Å². The summed E-state index contributed by atoms with van der Waals surface area (Å²) in [5.74, 6) is 0.109. The Kier molecular flexibility index (Phi) is 14.3. The summed E-state index contributed by atoms with van der Waals surface area (Å²) >= 11 is 0. The molecular formula is C11H25N3O14P2. The molecule has 0 saturated carbocycles. The number of rotatable bonds is 3. The third-order valence-electron chi connectivity index (χ3n) is 2.91. The molecule has 30 heavy (non-hydrogen) atoms. The summed E-state index contributed by atoms with van der Waals surface area (Å²) in [5.41, 5.74) is 4.79. The van der Waals surface area contributed by atoms with E-state index < -0.39 is 52.4 Å². The van der Waals surface area contributed by atoms with Crippen LogP contribution in [0, 0.1) is 0 Å². The average Bonchev–Trinajstić information content (AvgIpc) is 2.84. The van der Waals surface area contributed by atoms with E-state index in [0.717, 1.165) is 7.11 Å². The number of aromatic nitrogens is 2. The van der Waals surface area contributed by atoms with Crippen LogP contribution in [-0.4, -0.2) is 97.5 Å². The second-order valence-electron chi connectivity index (χ2n) is 5.19. The molecule has 178 valence electrons. The highest BCUT2D eigenvalue weighted by molar-refractivity contribution is 7.45. The van der Waals surface area contributed by atoms with E-state index in [1.165, 1.54) is 16.8 Å². The molecule has 4 atom stereocenters. The van der Waals surface area contributed by atoms with Crippen LogP contribution in [0.1, 0.15) is 0 Å². The minimum Gasteiger partial charge on any atom is -0.400 e. The lowest BCUT2D eigenvalue weighted by Crippen LogP contribution is -2.37. The highest BCUT2D eigenvalue weighted by Gasteiger charge is 2.42. The first-order chi connectivity index (χ1) is 13.5. The number of aliphatic hydroxyl groups excluding tert-OH is 4. The van der Waals surface area contributed by atoms with Gasteiger partial charge in [-0.2, -0.15) is 4.98 Å². The molecule has 1 aliphatic heterocycles. The average molecular weight is 485 g/mol. The van der Waals surface area contributed by atoms with Crippen molar-refractivity contribution in [2.45, 2.75) is 31.0 Å². The number of aliphatic hydroxyl groups is 4. The van der Waals surface area contributed by atoms with Gasteiger partial charge in [-0.1, -0.05) is 0 Å². The Morgan fingerprint density at radius 2 is 1.43 bits per heavy atom. The van der Waals surface area contributed by atoms with Gasteiger partial charge in [-0.3, -0.25) is 4.57 Å². The molecule has 0 radical (unpaired) electrons. The van der Waals surface area contributed by atoms with Crippen LogP contribution in [-0.2, 0) is 20.4 Å². The molecule has 1 aromatic rings. The number of nitrogens with two attached hydrogens (primary N) is 1. The van der Waals surface area contributed by atoms with Crippen LogP contribution in [0.5, 0.6) is 0 Å². The fraction of sp³-hybridized carbons (Fsp3) is 0.636. The van der Waals surface area contributed by atoms with E-state index in [2.05, 4.69) is 4.98 Å². The number of nitrogens with zero attached hydrogens (tertiary/aromatic N) is 2. The van der Waals surface area contributed by atoms with Crippen LogP contribution < -0.4 is 11.4 Å². The van der Waals surface area contributed by atoms with Crippen molar-refractivity contribution in [3.63, 3.8) is 0 Å². The van der Waals surface area contributed by atoms with Gasteiger partial charge < -0.3 is 60.3 Å². The molecule has 0 bridgehead atoms. The highest BCUT2D eigenvalue weighted by Crippen LogP contribution is 2.26. The largest absolute Gasteiger partial charge is 0.466 e. The Morgan fingerprint density at radius 3 is 1.77 bits per heavy atom. The smallest absolute Gasteiger partial charge is 0.400 e. The van der Waals surface area contributed by atoms with Crippen LogP contribution in [0.3, 0.4) is 0 Å². The topological polar surface area (TPSA) is 307 Å². The maximum absolute atomic E-state index is 11.5. The van der Waals surface area contributed by atoms with Gasteiger partial charge in [-0.25, -0.2) is 13.9 Å². The molecule has 0 unspecified atom stereocenters. The first-order valence-corrected chi connectivity index (χ1v) is 10.6. The minimum absolute atomic E-state index is 0.0286. The molecule has 12 N–H and O–H groups in total. The second-order valence-corrected chi connectivity index (χ2v) is 7.24. The Morgan fingerprint density at radius 1 is 1.03 bits per heavy atom. The molecule has 0 aromatic carbocycles. The van der Waals surface area contributed by atoms with Gasteiger partial charge in [-0.15, -0.1) is 0 Å². The quantitative estimate of drug-likeness (QED) is 0.179. The van der Waals surface area contributed by atoms with E-state index in [-0.39, 0.29) is 12.4 Å². The monoisotopic (exact) mass is 485 g/mol. The molecule has 1 aliphatic rings. The van der Waals surface area contributed by atoms with Crippen molar-refractivity contribution in [1.82, 2.24) is 9.55 Å². The minimum atomic E-state index is -4.64. The molecule has 0 spiro atoms. The Balaban J connectivity index is 0. The lowest BCUT2D eigenvalue weighted by molar-refractivity contribution is -0.0269. The summed E-state index contributed by atoms with van der Waals surface area (Å²) in [6.07, 6.45) is -2.52. The van der Waals surface area contributed by atoms with Crippen LogP contribution in [0.15, 0.2) is 17.1 Å². The van der Waals surface area contributed by atoms with E-state index in [4.69, 9.17) is 59.2 Å². The highest BCUT2D eigenvalue weighted by atomic mass is 31.2. The first-order valence-electron chi connectivity index (χ1n) is 7.49. The van der Waals surface area contributed by atoms with Gasteiger partial charge in [0.05, 0.1) is 13.2 Å². The molecule has 0 aliphatic carbocycles. The summed E-state index contributed by atoms with van der Waals surface area (Å²) in [7, 11) is -8.28. The molecule has 19 heteroatoms. The Labute approximate surface area is 168 Å². The molecule has 2 heterocycles. The maximum atomic E-state index is 11.5. The molecule has 0 amide bonds. The number of phosphoric acid groups is 2. The van der Waals surface area contributed by atoms with Crippen molar-refractivity contribution >= 4 is 21.5 Å². The van der Waals surface area contributed by atoms with Crippen molar-refractivity contribution in [3.8, 4) is 0 Å². The predicted molar refractivity (Wildman–Crippen MR) is 97.3 cm³/mol. The van der Waals surface area contributed by atoms with Crippen molar-refractivity contribution < 1.29 is 63.7 Å². The van der Waals surface area contributed by atoms with Crippen LogP contribution in [0.4, 0.5) is 5.82 Å². The summed E-state index contributed by atoms with van der Waals surface area (Å²) < 4.78 is 24.2. The molecular weight excluding hydrogens is 460 g/mol. The van der Waals surface area contributed by atoms with E-state index in [9.17, 15) is 15.0 Å². The molecule has 17 nitrogen and oxygen atoms in total. The van der Waals surface area contributed by atoms with E-state index >= 15 is 0 Å². The number of hydrogen-bond donors (Lipinski definition) is 11.